The van der Waals surface area contributed by atoms with Crippen molar-refractivity contribution in [2.75, 3.05) is 19.7 Å². The zero-order valence-electron chi connectivity index (χ0n) is 17.4. The van der Waals surface area contributed by atoms with Crippen LogP contribution in [0.4, 0.5) is 4.39 Å². The number of pyridine rings is 1. The van der Waals surface area contributed by atoms with Gasteiger partial charge in [0.15, 0.2) is 6.61 Å². The maximum Gasteiger partial charge on any atom is 0.339 e. The van der Waals surface area contributed by atoms with Crippen LogP contribution in [-0.2, 0) is 14.3 Å². The zero-order chi connectivity index (χ0) is 22.0. The van der Waals surface area contributed by atoms with Crippen LogP contribution < -0.4 is 0 Å². The van der Waals surface area contributed by atoms with E-state index in [0.29, 0.717) is 40.8 Å². The summed E-state index contributed by atoms with van der Waals surface area (Å²) in [6.07, 6.45) is -0.128. The van der Waals surface area contributed by atoms with Crippen LogP contribution in [0.15, 0.2) is 54.6 Å². The highest BCUT2D eigenvalue weighted by molar-refractivity contribution is 6.05. The summed E-state index contributed by atoms with van der Waals surface area (Å²) in [4.78, 5) is 31.7. The van der Waals surface area contributed by atoms with Crippen LogP contribution >= 0.6 is 0 Å². The lowest BCUT2D eigenvalue weighted by molar-refractivity contribution is -0.146. The van der Waals surface area contributed by atoms with Gasteiger partial charge in [-0.25, -0.2) is 14.2 Å². The molecule has 31 heavy (non-hydrogen) atoms. The van der Waals surface area contributed by atoms with Gasteiger partial charge in [0.25, 0.3) is 5.91 Å². The number of rotatable bonds is 4. The molecule has 7 heteroatoms. The van der Waals surface area contributed by atoms with Crippen LogP contribution in [0.3, 0.4) is 0 Å². The van der Waals surface area contributed by atoms with Crippen LogP contribution in [0.25, 0.3) is 22.2 Å². The number of para-hydroxylation sites is 1. The van der Waals surface area contributed by atoms with Gasteiger partial charge in [-0.1, -0.05) is 18.2 Å². The highest BCUT2D eigenvalue weighted by atomic mass is 19.1. The molecule has 2 aromatic carbocycles. The average molecular weight is 422 g/mol. The number of carbonyl (C=O) groups is 2. The van der Waals surface area contributed by atoms with Crippen molar-refractivity contribution >= 4 is 22.8 Å². The van der Waals surface area contributed by atoms with Crippen molar-refractivity contribution in [3.63, 3.8) is 0 Å². The lowest BCUT2D eigenvalue weighted by Crippen LogP contribution is -2.49. The van der Waals surface area contributed by atoms with E-state index in [1.54, 1.807) is 41.3 Å². The average Bonchev–Trinajstić information content (AvgIpc) is 2.76. The Kier molecular flexibility index (Phi) is 5.95. The van der Waals surface area contributed by atoms with Crippen molar-refractivity contribution in [2.24, 2.45) is 0 Å². The third kappa shape index (κ3) is 4.72. The number of hydrogen-bond donors (Lipinski definition) is 0. The standard InChI is InChI=1S/C24H23FN2O4/c1-15-12-27(13-16(2)31-15)23(28)14-30-24(29)20-11-22(17-7-9-18(25)10-8-17)26-21-6-4-3-5-19(20)21/h3-11,15-16H,12-14H2,1-2H3. The predicted octanol–water partition coefficient (Wildman–Crippen LogP) is 3.83. The Morgan fingerprint density at radius 3 is 2.48 bits per heavy atom. The molecule has 0 aliphatic carbocycles. The monoisotopic (exact) mass is 422 g/mol. The Hall–Kier alpha value is -3.32. The highest BCUT2D eigenvalue weighted by Crippen LogP contribution is 2.25. The van der Waals surface area contributed by atoms with E-state index in [9.17, 15) is 14.0 Å². The van der Waals surface area contributed by atoms with Crippen LogP contribution in [0.2, 0.25) is 0 Å². The van der Waals surface area contributed by atoms with Crippen LogP contribution in [-0.4, -0.2) is 53.7 Å². The van der Waals surface area contributed by atoms with Crippen molar-refractivity contribution in [1.82, 2.24) is 9.88 Å². The third-order valence-corrected chi connectivity index (χ3v) is 5.18. The van der Waals surface area contributed by atoms with Crippen molar-refractivity contribution < 1.29 is 23.5 Å². The van der Waals surface area contributed by atoms with E-state index in [0.717, 1.165) is 0 Å². The van der Waals surface area contributed by atoms with Gasteiger partial charge in [0.1, 0.15) is 5.82 Å². The van der Waals surface area contributed by atoms with Gasteiger partial charge < -0.3 is 14.4 Å². The second kappa shape index (κ2) is 8.81. The summed E-state index contributed by atoms with van der Waals surface area (Å²) >= 11 is 0. The Bertz CT molecular complexity index is 1110. The molecular formula is C24H23FN2O4. The summed E-state index contributed by atoms with van der Waals surface area (Å²) in [5.41, 5.74) is 2.11. The fraction of sp³-hybridized carbons (Fsp3) is 0.292. The van der Waals surface area contributed by atoms with Crippen LogP contribution in [0.5, 0.6) is 0 Å². The van der Waals surface area contributed by atoms with Gasteiger partial charge >= 0.3 is 5.97 Å². The highest BCUT2D eigenvalue weighted by Gasteiger charge is 2.27. The van der Waals surface area contributed by atoms with Gasteiger partial charge in [-0.15, -0.1) is 0 Å². The SMILES string of the molecule is CC1CN(C(=O)COC(=O)c2cc(-c3ccc(F)cc3)nc3ccccc23)CC(C)O1. The number of aromatic nitrogens is 1. The number of esters is 1. The summed E-state index contributed by atoms with van der Waals surface area (Å²) < 4.78 is 24.3. The van der Waals surface area contributed by atoms with Gasteiger partial charge in [0.2, 0.25) is 0 Å². The molecule has 1 aliphatic rings. The molecule has 4 rings (SSSR count). The summed E-state index contributed by atoms with van der Waals surface area (Å²) in [6.45, 7) is 4.39. The first kappa shape index (κ1) is 20.9. The van der Waals surface area contributed by atoms with Crippen molar-refractivity contribution in [3.8, 4) is 11.3 Å². The number of carbonyl (C=O) groups excluding carboxylic acids is 2. The molecular weight excluding hydrogens is 399 g/mol. The molecule has 3 aromatic rings. The molecule has 0 N–H and O–H groups in total. The van der Waals surface area contributed by atoms with Gasteiger partial charge in [-0.3, -0.25) is 4.79 Å². The number of amides is 1. The number of benzene rings is 2. The fourth-order valence-electron chi connectivity index (χ4n) is 3.79. The molecule has 0 radical (unpaired) electrons. The van der Waals surface area contributed by atoms with E-state index >= 15 is 0 Å². The molecule has 0 bridgehead atoms. The van der Waals surface area contributed by atoms with Crippen LogP contribution in [0.1, 0.15) is 24.2 Å². The van der Waals surface area contributed by atoms with Gasteiger partial charge in [0, 0.05) is 24.0 Å². The minimum absolute atomic E-state index is 0.0641. The largest absolute Gasteiger partial charge is 0.452 e. The molecule has 1 amide bonds. The van der Waals surface area contributed by atoms with Crippen molar-refractivity contribution in [3.05, 3.63) is 66.0 Å². The lowest BCUT2D eigenvalue weighted by atomic mass is 10.0. The molecule has 6 nitrogen and oxygen atoms in total. The van der Waals surface area contributed by atoms with E-state index in [4.69, 9.17) is 9.47 Å². The molecule has 160 valence electrons. The molecule has 2 unspecified atom stereocenters. The third-order valence-electron chi connectivity index (χ3n) is 5.18. The molecule has 1 aromatic heterocycles. The minimum atomic E-state index is -0.607. The van der Waals surface area contributed by atoms with Gasteiger partial charge in [0.05, 0.1) is 29.0 Å². The summed E-state index contributed by atoms with van der Waals surface area (Å²) in [5, 5.41) is 0.624. The first-order chi connectivity index (χ1) is 14.9. The Morgan fingerprint density at radius 1 is 1.10 bits per heavy atom. The Balaban J connectivity index is 1.57. The molecule has 1 saturated heterocycles. The number of morpholine rings is 1. The zero-order valence-corrected chi connectivity index (χ0v) is 17.4. The molecule has 2 atom stereocenters. The second-order valence-electron chi connectivity index (χ2n) is 7.71. The van der Waals surface area contributed by atoms with Crippen molar-refractivity contribution in [1.29, 1.82) is 0 Å². The maximum atomic E-state index is 13.3. The summed E-state index contributed by atoms with van der Waals surface area (Å²) in [7, 11) is 0. The maximum absolute atomic E-state index is 13.3. The molecule has 2 heterocycles. The number of nitrogens with zero attached hydrogens (tertiary/aromatic N) is 2. The van der Waals surface area contributed by atoms with E-state index in [1.165, 1.54) is 12.1 Å². The quantitative estimate of drug-likeness (QED) is 0.598. The first-order valence-electron chi connectivity index (χ1n) is 10.2. The number of halogens is 1. The van der Waals surface area contributed by atoms with E-state index in [1.807, 2.05) is 19.9 Å². The molecule has 1 fully saturated rings. The molecule has 0 saturated carbocycles. The lowest BCUT2D eigenvalue weighted by Gasteiger charge is -2.35. The fourth-order valence-corrected chi connectivity index (χ4v) is 3.79. The summed E-state index contributed by atoms with van der Waals surface area (Å²) in [5.74, 6) is -1.22. The second-order valence-corrected chi connectivity index (χ2v) is 7.71. The van der Waals surface area contributed by atoms with Crippen LogP contribution in [0, 0.1) is 5.82 Å². The molecule has 0 spiro atoms. The smallest absolute Gasteiger partial charge is 0.339 e. The number of ether oxygens (including phenoxy) is 2. The van der Waals surface area contributed by atoms with E-state index < -0.39 is 5.97 Å². The summed E-state index contributed by atoms with van der Waals surface area (Å²) in [6, 6.07) is 14.7. The minimum Gasteiger partial charge on any atom is -0.452 e. The van der Waals surface area contributed by atoms with E-state index in [-0.39, 0.29) is 30.5 Å². The van der Waals surface area contributed by atoms with Gasteiger partial charge in [-0.05, 0) is 50.2 Å². The molecule has 1 aliphatic heterocycles. The predicted molar refractivity (Wildman–Crippen MR) is 114 cm³/mol. The Morgan fingerprint density at radius 2 is 1.77 bits per heavy atom. The number of hydrogen-bond acceptors (Lipinski definition) is 5. The van der Waals surface area contributed by atoms with Crippen molar-refractivity contribution in [2.45, 2.75) is 26.1 Å². The van der Waals surface area contributed by atoms with E-state index in [2.05, 4.69) is 4.98 Å². The Labute approximate surface area is 179 Å². The topological polar surface area (TPSA) is 68.7 Å². The van der Waals surface area contributed by atoms with Gasteiger partial charge in [-0.2, -0.15) is 0 Å². The first-order valence-corrected chi connectivity index (χ1v) is 10.2. The number of fused-ring (bicyclic) bond motifs is 1. The normalized spacial score (nSPS) is 18.7.